The molecule has 0 aromatic heterocycles. The molecule has 0 radical (unpaired) electrons. The molecule has 2 rings (SSSR count). The van der Waals surface area contributed by atoms with Crippen LogP contribution in [-0.4, -0.2) is 53.0 Å². The summed E-state index contributed by atoms with van der Waals surface area (Å²) in [5.41, 5.74) is 0. The summed E-state index contributed by atoms with van der Waals surface area (Å²) in [6.45, 7) is 2.96. The summed E-state index contributed by atoms with van der Waals surface area (Å²) in [4.78, 5) is 38.3. The number of esters is 1. The first-order valence-corrected chi connectivity index (χ1v) is 10.5. The maximum absolute atomic E-state index is 12.3. The van der Waals surface area contributed by atoms with E-state index in [1.54, 1.807) is 4.90 Å². The average molecular weight is 398 g/mol. The molecule has 0 spiro atoms. The number of hydrogen-bond donors (Lipinski definition) is 2. The van der Waals surface area contributed by atoms with Crippen molar-refractivity contribution in [3.63, 3.8) is 0 Å². The molecule has 1 aliphatic carbocycles. The fourth-order valence-corrected chi connectivity index (χ4v) is 3.86. The van der Waals surface area contributed by atoms with Crippen molar-refractivity contribution >= 4 is 35.1 Å². The highest BCUT2D eigenvalue weighted by atomic mass is 32.1. The van der Waals surface area contributed by atoms with E-state index in [4.69, 9.17) is 17.0 Å². The number of ether oxygens (including phenoxy) is 1. The molecule has 152 valence electrons. The van der Waals surface area contributed by atoms with Crippen LogP contribution in [-0.2, 0) is 19.1 Å². The van der Waals surface area contributed by atoms with Crippen LogP contribution in [0.3, 0.4) is 0 Å². The molecule has 2 amide bonds. The highest BCUT2D eigenvalue weighted by molar-refractivity contribution is 7.80. The minimum atomic E-state index is -0.738. The van der Waals surface area contributed by atoms with Gasteiger partial charge in [-0.05, 0) is 44.3 Å². The van der Waals surface area contributed by atoms with Crippen LogP contribution >= 0.6 is 12.2 Å². The maximum atomic E-state index is 12.3. The average Bonchev–Trinajstić information content (AvgIpc) is 2.64. The Morgan fingerprint density at radius 3 is 2.70 bits per heavy atom. The Morgan fingerprint density at radius 1 is 1.26 bits per heavy atom. The molecule has 1 heterocycles. The Morgan fingerprint density at radius 2 is 2.00 bits per heavy atom. The summed E-state index contributed by atoms with van der Waals surface area (Å²) in [7, 11) is 0. The minimum Gasteiger partial charge on any atom is -0.462 e. The van der Waals surface area contributed by atoms with Crippen LogP contribution in [0.4, 0.5) is 0 Å². The van der Waals surface area contributed by atoms with Crippen molar-refractivity contribution in [3.8, 4) is 0 Å². The Hall–Kier alpha value is -1.70. The molecule has 0 unspecified atom stereocenters. The molecule has 1 saturated heterocycles. The van der Waals surface area contributed by atoms with Gasteiger partial charge in [0, 0.05) is 19.5 Å². The number of rotatable bonds is 7. The van der Waals surface area contributed by atoms with Crippen LogP contribution in [0, 0.1) is 0 Å². The highest BCUT2D eigenvalue weighted by Crippen LogP contribution is 2.21. The van der Waals surface area contributed by atoms with Gasteiger partial charge < -0.3 is 20.3 Å². The lowest BCUT2D eigenvalue weighted by Crippen LogP contribution is -2.60. The molecular weight excluding hydrogens is 366 g/mol. The first kappa shape index (κ1) is 21.6. The molecule has 1 atom stereocenters. The van der Waals surface area contributed by atoms with Gasteiger partial charge >= 0.3 is 5.97 Å². The summed E-state index contributed by atoms with van der Waals surface area (Å²) in [5, 5.41) is 5.67. The van der Waals surface area contributed by atoms with Crippen LogP contribution in [0.25, 0.3) is 0 Å². The number of amides is 2. The number of unbranched alkanes of at least 4 members (excludes halogenated alkanes) is 2. The van der Waals surface area contributed by atoms with Gasteiger partial charge in [-0.3, -0.25) is 14.4 Å². The number of hydrogen-bond acceptors (Lipinski definition) is 5. The number of thiocarbonyl (C=S) groups is 1. The van der Waals surface area contributed by atoms with E-state index < -0.39 is 6.04 Å². The Balaban J connectivity index is 1.88. The second kappa shape index (κ2) is 11.2. The number of carbonyl (C=O) groups excluding carboxylic acids is 3. The smallest absolute Gasteiger partial charge is 0.308 e. The van der Waals surface area contributed by atoms with Crippen molar-refractivity contribution in [2.45, 2.75) is 83.3 Å². The third-order valence-corrected chi connectivity index (χ3v) is 5.39. The number of nitrogens with one attached hydrogen (secondary N) is 2. The standard InChI is InChI=1S/C19H31N3O4S/c1-2-3-5-10-16(23)21-19(27)22-12-11-20-18(25)15(22)13-17(24)26-14-8-6-4-7-9-14/h14-15H,2-13H2,1H3,(H,20,25)(H,21,23,27)/t15-/m1/s1. The van der Waals surface area contributed by atoms with Gasteiger partial charge in [0.25, 0.3) is 0 Å². The van der Waals surface area contributed by atoms with E-state index in [9.17, 15) is 14.4 Å². The lowest BCUT2D eigenvalue weighted by atomic mass is 9.98. The van der Waals surface area contributed by atoms with Crippen LogP contribution in [0.2, 0.25) is 0 Å². The second-order valence-corrected chi connectivity index (χ2v) is 7.65. The van der Waals surface area contributed by atoms with E-state index in [2.05, 4.69) is 17.6 Å². The molecular formula is C19H31N3O4S. The first-order valence-electron chi connectivity index (χ1n) is 10.1. The molecule has 0 bridgehead atoms. The van der Waals surface area contributed by atoms with Gasteiger partial charge in [0.05, 0.1) is 6.42 Å². The van der Waals surface area contributed by atoms with E-state index in [1.165, 1.54) is 6.42 Å². The summed E-state index contributed by atoms with van der Waals surface area (Å²) >= 11 is 5.34. The second-order valence-electron chi connectivity index (χ2n) is 7.26. The van der Waals surface area contributed by atoms with Crippen molar-refractivity contribution in [2.24, 2.45) is 0 Å². The molecule has 0 aromatic rings. The van der Waals surface area contributed by atoms with E-state index in [0.717, 1.165) is 44.9 Å². The van der Waals surface area contributed by atoms with E-state index >= 15 is 0 Å². The predicted molar refractivity (Wildman–Crippen MR) is 106 cm³/mol. The summed E-state index contributed by atoms with van der Waals surface area (Å²) < 4.78 is 5.54. The van der Waals surface area contributed by atoms with Crippen molar-refractivity contribution in [3.05, 3.63) is 0 Å². The zero-order valence-electron chi connectivity index (χ0n) is 16.1. The fourth-order valence-electron chi connectivity index (χ4n) is 3.52. The normalized spacial score (nSPS) is 20.7. The summed E-state index contributed by atoms with van der Waals surface area (Å²) in [6, 6.07) is -0.738. The van der Waals surface area contributed by atoms with Crippen LogP contribution < -0.4 is 10.6 Å². The van der Waals surface area contributed by atoms with Gasteiger partial charge in [0.15, 0.2) is 5.11 Å². The molecule has 1 saturated carbocycles. The minimum absolute atomic E-state index is 0.0448. The fraction of sp³-hybridized carbons (Fsp3) is 0.789. The third kappa shape index (κ3) is 7.08. The third-order valence-electron chi connectivity index (χ3n) is 5.06. The van der Waals surface area contributed by atoms with Gasteiger partial charge in [0.2, 0.25) is 11.8 Å². The molecule has 27 heavy (non-hydrogen) atoms. The highest BCUT2D eigenvalue weighted by Gasteiger charge is 2.34. The Bertz CT molecular complexity index is 549. The largest absolute Gasteiger partial charge is 0.462 e. The lowest BCUT2D eigenvalue weighted by molar-refractivity contribution is -0.153. The van der Waals surface area contributed by atoms with Crippen LogP contribution in [0.1, 0.15) is 71.1 Å². The van der Waals surface area contributed by atoms with Gasteiger partial charge in [-0.2, -0.15) is 0 Å². The van der Waals surface area contributed by atoms with Gasteiger partial charge in [-0.25, -0.2) is 0 Å². The van der Waals surface area contributed by atoms with Crippen molar-refractivity contribution in [2.75, 3.05) is 13.1 Å². The van der Waals surface area contributed by atoms with E-state index in [0.29, 0.717) is 19.5 Å². The zero-order valence-corrected chi connectivity index (χ0v) is 16.9. The molecule has 0 aromatic carbocycles. The molecule has 2 N–H and O–H groups in total. The SMILES string of the molecule is CCCCCC(=O)NC(=S)N1CCNC(=O)[C@H]1CC(=O)OC1CCCCC1. The molecule has 2 aliphatic rings. The number of carbonyl (C=O) groups is 3. The molecule has 1 aliphatic heterocycles. The zero-order chi connectivity index (χ0) is 19.6. The summed E-state index contributed by atoms with van der Waals surface area (Å²) in [5.74, 6) is -0.793. The van der Waals surface area contributed by atoms with Crippen LogP contribution in [0.15, 0.2) is 0 Å². The molecule has 7 nitrogen and oxygen atoms in total. The Labute approximate surface area is 166 Å². The van der Waals surface area contributed by atoms with E-state index in [-0.39, 0.29) is 35.4 Å². The van der Waals surface area contributed by atoms with E-state index in [1.807, 2.05) is 0 Å². The molecule has 2 fully saturated rings. The van der Waals surface area contributed by atoms with Gasteiger partial charge in [0.1, 0.15) is 12.1 Å². The predicted octanol–water partition coefficient (Wildman–Crippen LogP) is 2.03. The van der Waals surface area contributed by atoms with Gasteiger partial charge in [-0.15, -0.1) is 0 Å². The van der Waals surface area contributed by atoms with Crippen molar-refractivity contribution < 1.29 is 19.1 Å². The quantitative estimate of drug-likeness (QED) is 0.388. The maximum Gasteiger partial charge on any atom is 0.308 e. The van der Waals surface area contributed by atoms with Crippen molar-refractivity contribution in [1.29, 1.82) is 0 Å². The number of piperazine rings is 1. The monoisotopic (exact) mass is 397 g/mol. The summed E-state index contributed by atoms with van der Waals surface area (Å²) in [6.07, 6.45) is 8.23. The van der Waals surface area contributed by atoms with Crippen molar-refractivity contribution in [1.82, 2.24) is 15.5 Å². The first-order chi connectivity index (χ1) is 13.0. The molecule has 8 heteroatoms. The number of nitrogens with zero attached hydrogens (tertiary/aromatic N) is 1. The van der Waals surface area contributed by atoms with Crippen LogP contribution in [0.5, 0.6) is 0 Å². The van der Waals surface area contributed by atoms with Gasteiger partial charge in [-0.1, -0.05) is 26.2 Å². The Kier molecular flexibility index (Phi) is 8.97. The topological polar surface area (TPSA) is 87.7 Å². The lowest BCUT2D eigenvalue weighted by Gasteiger charge is -2.36.